The number of nitrogens with one attached hydrogen (secondary N) is 1. The molecule has 0 aliphatic rings. The third-order valence-electron chi connectivity index (χ3n) is 2.63. The Hall–Kier alpha value is -1.88. The van der Waals surface area contributed by atoms with E-state index in [1.54, 1.807) is 6.20 Å². The maximum Gasteiger partial charge on any atom is 0.274 e. The lowest BCUT2D eigenvalue weighted by Crippen LogP contribution is -2.11. The Bertz CT molecular complexity index is 576. The summed E-state index contributed by atoms with van der Waals surface area (Å²) in [6, 6.07) is 6.09. The zero-order valence-electron chi connectivity index (χ0n) is 11.7. The Labute approximate surface area is 115 Å². The molecule has 1 N–H and O–H groups in total. The van der Waals surface area contributed by atoms with Crippen LogP contribution in [0.15, 0.2) is 35.6 Å². The molecule has 0 atom stereocenters. The van der Waals surface area contributed by atoms with E-state index in [0.29, 0.717) is 0 Å². The highest BCUT2D eigenvalue weighted by Crippen LogP contribution is 2.29. The van der Waals surface area contributed by atoms with Crippen LogP contribution in [0, 0.1) is 6.92 Å². The lowest BCUT2D eigenvalue weighted by molar-refractivity contribution is 0.581. The second-order valence-electron chi connectivity index (χ2n) is 4.67. The van der Waals surface area contributed by atoms with E-state index in [2.05, 4.69) is 35.2 Å². The van der Waals surface area contributed by atoms with Gasteiger partial charge >= 0.3 is 0 Å². The summed E-state index contributed by atoms with van der Waals surface area (Å²) >= 11 is 0. The van der Waals surface area contributed by atoms with E-state index in [1.165, 1.54) is 5.56 Å². The molecule has 0 spiro atoms. The van der Waals surface area contributed by atoms with Crippen molar-refractivity contribution in [2.24, 2.45) is 4.99 Å². The van der Waals surface area contributed by atoms with Gasteiger partial charge in [0.25, 0.3) is 9.04 Å². The van der Waals surface area contributed by atoms with Gasteiger partial charge in [0.1, 0.15) is 11.4 Å². The summed E-state index contributed by atoms with van der Waals surface area (Å²) < 4.78 is 5.92. The SMILES string of the molecule is CC(=Nc1ccc(C)cc1O[Si](C)C)c1cn[nH]c1. The number of hydrogen-bond donors (Lipinski definition) is 1. The molecule has 0 saturated heterocycles. The van der Waals surface area contributed by atoms with Crippen LogP contribution in [0.5, 0.6) is 5.75 Å². The van der Waals surface area contributed by atoms with Crippen molar-refractivity contribution in [2.75, 3.05) is 0 Å². The van der Waals surface area contributed by atoms with E-state index in [9.17, 15) is 0 Å². The Morgan fingerprint density at radius 1 is 1.37 bits per heavy atom. The zero-order chi connectivity index (χ0) is 13.8. The minimum atomic E-state index is -0.802. The standard InChI is InChI=1S/C14H18N3OSi/c1-10-5-6-13(14(7-10)18-19(3)4)17-11(2)12-8-15-16-9-12/h5-9H,1-4H3,(H,15,16). The predicted molar refractivity (Wildman–Crippen MR) is 79.7 cm³/mol. The van der Waals surface area contributed by atoms with Crippen LogP contribution in [0.2, 0.25) is 13.1 Å². The largest absolute Gasteiger partial charge is 0.541 e. The van der Waals surface area contributed by atoms with Gasteiger partial charge in [-0.2, -0.15) is 5.10 Å². The average Bonchev–Trinajstić information content (AvgIpc) is 2.85. The molecule has 0 saturated carbocycles. The monoisotopic (exact) mass is 272 g/mol. The highest BCUT2D eigenvalue weighted by Gasteiger charge is 2.08. The molecule has 1 aromatic carbocycles. The summed E-state index contributed by atoms with van der Waals surface area (Å²) in [6.07, 6.45) is 3.60. The van der Waals surface area contributed by atoms with E-state index in [4.69, 9.17) is 4.43 Å². The minimum absolute atomic E-state index is 0.802. The van der Waals surface area contributed by atoms with Gasteiger partial charge in [0.15, 0.2) is 0 Å². The summed E-state index contributed by atoms with van der Waals surface area (Å²) in [5, 5.41) is 6.73. The lowest BCUT2D eigenvalue weighted by Gasteiger charge is -2.12. The Morgan fingerprint density at radius 2 is 2.16 bits per heavy atom. The summed E-state index contributed by atoms with van der Waals surface area (Å²) in [6.45, 7) is 8.26. The number of H-pyrrole nitrogens is 1. The fraction of sp³-hybridized carbons (Fsp3) is 0.286. The molecule has 1 heterocycles. The van der Waals surface area contributed by atoms with Crippen molar-refractivity contribution in [1.29, 1.82) is 0 Å². The average molecular weight is 272 g/mol. The molecule has 19 heavy (non-hydrogen) atoms. The molecule has 0 aliphatic carbocycles. The number of hydrogen-bond acceptors (Lipinski definition) is 3. The van der Waals surface area contributed by atoms with Crippen molar-refractivity contribution in [3.8, 4) is 5.75 Å². The van der Waals surface area contributed by atoms with Gasteiger partial charge in [0.2, 0.25) is 0 Å². The van der Waals surface area contributed by atoms with Gasteiger partial charge in [-0.15, -0.1) is 0 Å². The molecular weight excluding hydrogens is 254 g/mol. The van der Waals surface area contributed by atoms with Crippen molar-refractivity contribution < 1.29 is 4.43 Å². The molecule has 1 aromatic heterocycles. The van der Waals surface area contributed by atoms with E-state index >= 15 is 0 Å². The molecule has 0 unspecified atom stereocenters. The molecule has 0 bridgehead atoms. The highest BCUT2D eigenvalue weighted by atomic mass is 28.3. The lowest BCUT2D eigenvalue weighted by atomic mass is 10.2. The van der Waals surface area contributed by atoms with Crippen LogP contribution in [0.25, 0.3) is 0 Å². The van der Waals surface area contributed by atoms with Crippen molar-refractivity contribution in [1.82, 2.24) is 10.2 Å². The maximum atomic E-state index is 5.92. The van der Waals surface area contributed by atoms with E-state index < -0.39 is 9.04 Å². The Balaban J connectivity index is 2.36. The van der Waals surface area contributed by atoms with Crippen LogP contribution in [-0.2, 0) is 0 Å². The molecule has 0 fully saturated rings. The van der Waals surface area contributed by atoms with E-state index in [1.807, 2.05) is 31.3 Å². The fourth-order valence-electron chi connectivity index (χ4n) is 1.71. The van der Waals surface area contributed by atoms with Crippen LogP contribution in [-0.4, -0.2) is 24.9 Å². The van der Waals surface area contributed by atoms with Gasteiger partial charge in [0.05, 0.1) is 6.20 Å². The second kappa shape index (κ2) is 5.84. The normalized spacial score (nSPS) is 11.9. The molecule has 0 amide bonds. The van der Waals surface area contributed by atoms with E-state index in [-0.39, 0.29) is 0 Å². The van der Waals surface area contributed by atoms with Gasteiger partial charge in [-0.1, -0.05) is 6.07 Å². The Morgan fingerprint density at radius 3 is 2.79 bits per heavy atom. The Kier molecular flexibility index (Phi) is 4.16. The number of benzene rings is 1. The first-order valence-electron chi connectivity index (χ1n) is 6.19. The van der Waals surface area contributed by atoms with Gasteiger partial charge in [-0.25, -0.2) is 4.99 Å². The summed E-state index contributed by atoms with van der Waals surface area (Å²) in [4.78, 5) is 4.64. The molecule has 2 aromatic rings. The highest BCUT2D eigenvalue weighted by molar-refractivity contribution is 6.49. The number of aromatic nitrogens is 2. The second-order valence-corrected chi connectivity index (χ2v) is 6.69. The van der Waals surface area contributed by atoms with Gasteiger partial charge in [0, 0.05) is 17.5 Å². The third kappa shape index (κ3) is 3.54. The third-order valence-corrected chi connectivity index (χ3v) is 3.26. The number of aryl methyl sites for hydroxylation is 1. The molecule has 0 aliphatic heterocycles. The molecule has 1 radical (unpaired) electrons. The van der Waals surface area contributed by atoms with E-state index in [0.717, 1.165) is 22.7 Å². The topological polar surface area (TPSA) is 50.3 Å². The van der Waals surface area contributed by atoms with Crippen LogP contribution in [0.1, 0.15) is 18.1 Å². The summed E-state index contributed by atoms with van der Waals surface area (Å²) in [5.41, 5.74) is 3.96. The first-order valence-corrected chi connectivity index (χ1v) is 8.60. The van der Waals surface area contributed by atoms with Crippen LogP contribution in [0.3, 0.4) is 0 Å². The minimum Gasteiger partial charge on any atom is -0.541 e. The fourth-order valence-corrected chi connectivity index (χ4v) is 2.31. The quantitative estimate of drug-likeness (QED) is 0.684. The summed E-state index contributed by atoms with van der Waals surface area (Å²) in [5.74, 6) is 0.863. The molecular formula is C14H18N3OSi. The van der Waals surface area contributed by atoms with Crippen molar-refractivity contribution in [3.63, 3.8) is 0 Å². The molecule has 2 rings (SSSR count). The number of nitrogens with zero attached hydrogens (tertiary/aromatic N) is 2. The van der Waals surface area contributed by atoms with Crippen LogP contribution < -0.4 is 4.43 Å². The van der Waals surface area contributed by atoms with Gasteiger partial charge in [-0.05, 0) is 44.6 Å². The first-order chi connectivity index (χ1) is 9.06. The zero-order valence-corrected chi connectivity index (χ0v) is 12.7. The van der Waals surface area contributed by atoms with Gasteiger partial charge < -0.3 is 4.43 Å². The number of aromatic amines is 1. The van der Waals surface area contributed by atoms with Crippen LogP contribution in [0.4, 0.5) is 5.69 Å². The maximum absolute atomic E-state index is 5.92. The number of aliphatic imine (C=N–C) groups is 1. The van der Waals surface area contributed by atoms with Gasteiger partial charge in [-0.3, -0.25) is 5.10 Å². The van der Waals surface area contributed by atoms with Crippen molar-refractivity contribution >= 4 is 20.4 Å². The van der Waals surface area contributed by atoms with Crippen molar-refractivity contribution in [2.45, 2.75) is 26.9 Å². The number of rotatable bonds is 4. The van der Waals surface area contributed by atoms with Crippen molar-refractivity contribution in [3.05, 3.63) is 41.7 Å². The first kappa shape index (κ1) is 13.5. The molecule has 5 heteroatoms. The molecule has 99 valence electrons. The van der Waals surface area contributed by atoms with Crippen LogP contribution >= 0.6 is 0 Å². The molecule has 4 nitrogen and oxygen atoms in total. The predicted octanol–water partition coefficient (Wildman–Crippen LogP) is 3.49. The smallest absolute Gasteiger partial charge is 0.274 e. The summed E-state index contributed by atoms with van der Waals surface area (Å²) in [7, 11) is -0.802.